The molecule has 20 heavy (non-hydrogen) atoms. The number of carbonyl (C=O) groups excluding carboxylic acids is 1. The lowest BCUT2D eigenvalue weighted by Crippen LogP contribution is -2.15. The third-order valence-corrected chi connectivity index (χ3v) is 3.53. The Balaban J connectivity index is 1.94. The Morgan fingerprint density at radius 2 is 2.35 bits per heavy atom. The zero-order chi connectivity index (χ0) is 14.5. The third-order valence-electron chi connectivity index (χ3n) is 2.33. The molecule has 0 fully saturated rings. The van der Waals surface area contributed by atoms with Crippen molar-refractivity contribution in [3.05, 3.63) is 29.0 Å². The van der Waals surface area contributed by atoms with E-state index in [4.69, 9.17) is 11.6 Å². The Morgan fingerprint density at radius 1 is 1.55 bits per heavy atom. The fourth-order valence-corrected chi connectivity index (χ4v) is 2.32. The van der Waals surface area contributed by atoms with Gasteiger partial charge in [-0.15, -0.1) is 5.10 Å². The summed E-state index contributed by atoms with van der Waals surface area (Å²) in [5, 5.41) is 14.4. The van der Waals surface area contributed by atoms with Gasteiger partial charge in [0.1, 0.15) is 5.82 Å². The lowest BCUT2D eigenvalue weighted by atomic mass is 10.3. The molecule has 0 aliphatic heterocycles. The van der Waals surface area contributed by atoms with Crippen LogP contribution in [0.5, 0.6) is 0 Å². The van der Waals surface area contributed by atoms with E-state index in [-0.39, 0.29) is 17.3 Å². The first-order valence-corrected chi connectivity index (χ1v) is 7.10. The summed E-state index contributed by atoms with van der Waals surface area (Å²) in [6, 6.07) is 3.97. The fourth-order valence-electron chi connectivity index (χ4n) is 1.41. The lowest BCUT2D eigenvalue weighted by Gasteiger charge is -2.06. The Labute approximate surface area is 123 Å². The van der Waals surface area contributed by atoms with Gasteiger partial charge in [-0.1, -0.05) is 23.4 Å². The molecule has 2 rings (SSSR count). The summed E-state index contributed by atoms with van der Waals surface area (Å²) in [6.45, 7) is 2.50. The number of nitrogens with one attached hydrogen (secondary N) is 1. The number of rotatable bonds is 5. The number of carbonyl (C=O) groups is 1. The average molecular weight is 316 g/mol. The molecule has 9 heteroatoms. The number of halogens is 2. The predicted octanol–water partition coefficient (Wildman–Crippen LogP) is 2.22. The molecule has 1 amide bonds. The van der Waals surface area contributed by atoms with Crippen LogP contribution >= 0.6 is 23.4 Å². The number of benzene rings is 1. The Kier molecular flexibility index (Phi) is 4.91. The first-order valence-electron chi connectivity index (χ1n) is 5.74. The number of hydrogen-bond donors (Lipinski definition) is 1. The molecule has 0 radical (unpaired) electrons. The summed E-state index contributed by atoms with van der Waals surface area (Å²) in [5.41, 5.74) is 0.0539. The van der Waals surface area contributed by atoms with Crippen molar-refractivity contribution < 1.29 is 9.18 Å². The molecule has 0 unspecified atom stereocenters. The highest BCUT2D eigenvalue weighted by molar-refractivity contribution is 7.99. The number of thioether (sulfide) groups is 1. The summed E-state index contributed by atoms with van der Waals surface area (Å²) in [6.07, 6.45) is 0. The summed E-state index contributed by atoms with van der Waals surface area (Å²) >= 11 is 6.92. The van der Waals surface area contributed by atoms with Crippen LogP contribution in [0.1, 0.15) is 6.92 Å². The fraction of sp³-hybridized carbons (Fsp3) is 0.273. The van der Waals surface area contributed by atoms with Crippen LogP contribution in [0.15, 0.2) is 23.4 Å². The quantitative estimate of drug-likeness (QED) is 0.856. The summed E-state index contributed by atoms with van der Waals surface area (Å²) in [7, 11) is 0. The van der Waals surface area contributed by atoms with Gasteiger partial charge in [0, 0.05) is 11.6 Å². The van der Waals surface area contributed by atoms with E-state index < -0.39 is 5.82 Å². The number of tetrazole rings is 1. The van der Waals surface area contributed by atoms with Crippen LogP contribution < -0.4 is 5.32 Å². The minimum atomic E-state index is -0.536. The van der Waals surface area contributed by atoms with E-state index in [2.05, 4.69) is 20.8 Å². The maximum absolute atomic E-state index is 13.4. The van der Waals surface area contributed by atoms with E-state index in [9.17, 15) is 9.18 Å². The summed E-state index contributed by atoms with van der Waals surface area (Å²) in [4.78, 5) is 11.8. The molecule has 2 aromatic rings. The summed E-state index contributed by atoms with van der Waals surface area (Å²) in [5.74, 6) is -0.820. The largest absolute Gasteiger partial charge is 0.323 e. The standard InChI is InChI=1S/C11H11ClFN5OS/c1-2-18-11(15-16-17-18)20-6-10(19)14-9-5-7(12)3-4-8(9)13/h3-5H,2,6H2,1H3,(H,14,19). The van der Waals surface area contributed by atoms with E-state index in [0.717, 1.165) is 0 Å². The van der Waals surface area contributed by atoms with Gasteiger partial charge in [-0.05, 0) is 35.5 Å². The Bertz CT molecular complexity index is 621. The SMILES string of the molecule is CCn1nnnc1SCC(=O)Nc1cc(Cl)ccc1F. The van der Waals surface area contributed by atoms with E-state index in [1.165, 1.54) is 30.0 Å². The van der Waals surface area contributed by atoms with Crippen LogP contribution in [-0.2, 0) is 11.3 Å². The third kappa shape index (κ3) is 3.67. The molecule has 1 heterocycles. The minimum absolute atomic E-state index is 0.0539. The molecular weight excluding hydrogens is 305 g/mol. The molecule has 0 saturated carbocycles. The smallest absolute Gasteiger partial charge is 0.234 e. The van der Waals surface area contributed by atoms with Gasteiger partial charge in [-0.3, -0.25) is 4.79 Å². The number of aryl methyl sites for hydroxylation is 1. The first-order chi connectivity index (χ1) is 9.60. The maximum Gasteiger partial charge on any atom is 0.234 e. The first kappa shape index (κ1) is 14.7. The van der Waals surface area contributed by atoms with E-state index >= 15 is 0 Å². The van der Waals surface area contributed by atoms with Crippen LogP contribution in [0.2, 0.25) is 5.02 Å². The predicted molar refractivity (Wildman–Crippen MR) is 74.3 cm³/mol. The van der Waals surface area contributed by atoms with Crippen molar-refractivity contribution in [2.45, 2.75) is 18.6 Å². The van der Waals surface area contributed by atoms with Crippen molar-refractivity contribution in [3.8, 4) is 0 Å². The zero-order valence-electron chi connectivity index (χ0n) is 10.5. The van der Waals surface area contributed by atoms with Crippen molar-refractivity contribution in [1.29, 1.82) is 0 Å². The number of amides is 1. The number of nitrogens with zero attached hydrogens (tertiary/aromatic N) is 4. The monoisotopic (exact) mass is 315 g/mol. The average Bonchev–Trinajstić information content (AvgIpc) is 2.88. The van der Waals surface area contributed by atoms with Crippen LogP contribution in [-0.4, -0.2) is 31.9 Å². The highest BCUT2D eigenvalue weighted by Crippen LogP contribution is 2.20. The van der Waals surface area contributed by atoms with Gasteiger partial charge in [-0.2, -0.15) is 0 Å². The summed E-state index contributed by atoms with van der Waals surface area (Å²) < 4.78 is 15.0. The molecular formula is C11H11ClFN5OS. The number of aromatic nitrogens is 4. The Morgan fingerprint density at radius 3 is 3.10 bits per heavy atom. The van der Waals surface area contributed by atoms with Gasteiger partial charge in [-0.25, -0.2) is 9.07 Å². The van der Waals surface area contributed by atoms with Crippen molar-refractivity contribution in [2.75, 3.05) is 11.1 Å². The molecule has 1 aromatic heterocycles. The molecule has 1 aromatic carbocycles. The van der Waals surface area contributed by atoms with Crippen molar-refractivity contribution in [3.63, 3.8) is 0 Å². The second-order valence-electron chi connectivity index (χ2n) is 3.74. The lowest BCUT2D eigenvalue weighted by molar-refractivity contribution is -0.113. The van der Waals surface area contributed by atoms with Gasteiger partial charge >= 0.3 is 0 Å². The van der Waals surface area contributed by atoms with Crippen molar-refractivity contribution >= 4 is 35.0 Å². The normalized spacial score (nSPS) is 10.6. The van der Waals surface area contributed by atoms with Crippen LogP contribution in [0, 0.1) is 5.82 Å². The van der Waals surface area contributed by atoms with Gasteiger partial charge < -0.3 is 5.32 Å². The minimum Gasteiger partial charge on any atom is -0.323 e. The van der Waals surface area contributed by atoms with Gasteiger partial charge in [0.2, 0.25) is 11.1 Å². The molecule has 1 N–H and O–H groups in total. The second kappa shape index (κ2) is 6.67. The highest BCUT2D eigenvalue weighted by atomic mass is 35.5. The van der Waals surface area contributed by atoms with Crippen molar-refractivity contribution in [2.24, 2.45) is 0 Å². The molecule has 0 spiro atoms. The van der Waals surface area contributed by atoms with E-state index in [0.29, 0.717) is 16.7 Å². The maximum atomic E-state index is 13.4. The van der Waals surface area contributed by atoms with Crippen molar-refractivity contribution in [1.82, 2.24) is 20.2 Å². The topological polar surface area (TPSA) is 72.7 Å². The molecule has 0 atom stereocenters. The Hall–Kier alpha value is -1.67. The van der Waals surface area contributed by atoms with Crippen LogP contribution in [0.4, 0.5) is 10.1 Å². The molecule has 0 bridgehead atoms. The van der Waals surface area contributed by atoms with Gasteiger partial charge in [0.05, 0.1) is 11.4 Å². The van der Waals surface area contributed by atoms with E-state index in [1.807, 2.05) is 6.92 Å². The van der Waals surface area contributed by atoms with Crippen LogP contribution in [0.25, 0.3) is 0 Å². The second-order valence-corrected chi connectivity index (χ2v) is 5.12. The number of anilines is 1. The molecule has 106 valence electrons. The molecule has 0 saturated heterocycles. The molecule has 0 aliphatic rings. The molecule has 0 aliphatic carbocycles. The van der Waals surface area contributed by atoms with E-state index in [1.54, 1.807) is 4.68 Å². The highest BCUT2D eigenvalue weighted by Gasteiger charge is 2.11. The molecule has 6 nitrogen and oxygen atoms in total. The van der Waals surface area contributed by atoms with Gasteiger partial charge in [0.25, 0.3) is 0 Å². The zero-order valence-corrected chi connectivity index (χ0v) is 12.1. The van der Waals surface area contributed by atoms with Crippen LogP contribution in [0.3, 0.4) is 0 Å². The number of hydrogen-bond acceptors (Lipinski definition) is 5. The van der Waals surface area contributed by atoms with Gasteiger partial charge in [0.15, 0.2) is 0 Å².